The summed E-state index contributed by atoms with van der Waals surface area (Å²) in [7, 11) is 0. The van der Waals surface area contributed by atoms with Gasteiger partial charge in [-0.1, -0.05) is 23.3 Å². The van der Waals surface area contributed by atoms with Gasteiger partial charge in [0.05, 0.1) is 5.02 Å². The second-order valence-electron chi connectivity index (χ2n) is 3.79. The van der Waals surface area contributed by atoms with Crippen LogP contribution in [0, 0.1) is 0 Å². The highest BCUT2D eigenvalue weighted by molar-refractivity contribution is 9.10. The van der Waals surface area contributed by atoms with E-state index >= 15 is 0 Å². The minimum Gasteiger partial charge on any atom is -0.0831 e. The molecule has 0 spiro atoms. The summed E-state index contributed by atoms with van der Waals surface area (Å²) < 4.78 is 1.01. The molecule has 0 aliphatic heterocycles. The van der Waals surface area contributed by atoms with Crippen molar-refractivity contribution in [2.24, 2.45) is 0 Å². The third-order valence-electron chi connectivity index (χ3n) is 2.70. The summed E-state index contributed by atoms with van der Waals surface area (Å²) in [5.41, 5.74) is 4.28. The lowest BCUT2D eigenvalue weighted by Gasteiger charge is -2.07. The van der Waals surface area contributed by atoms with E-state index < -0.39 is 0 Å². The average Bonchev–Trinajstić information content (AvgIpc) is 2.31. The minimum absolute atomic E-state index is 0.823. The molecule has 0 unspecified atom stereocenters. The van der Waals surface area contributed by atoms with Gasteiger partial charge in [-0.05, 0) is 65.4 Å². The fraction of sp³-hybridized carbons (Fsp3) is 0.333. The van der Waals surface area contributed by atoms with Crippen LogP contribution in [0.2, 0.25) is 5.02 Å². The van der Waals surface area contributed by atoms with Gasteiger partial charge in [-0.3, -0.25) is 0 Å². The molecule has 1 aliphatic carbocycles. The Balaban J connectivity index is 2.43. The van der Waals surface area contributed by atoms with Gasteiger partial charge in [-0.25, -0.2) is 0 Å². The average molecular weight is 272 g/mol. The molecule has 1 aromatic rings. The molecule has 0 saturated heterocycles. The summed E-state index contributed by atoms with van der Waals surface area (Å²) in [5.74, 6) is 0. The molecule has 0 heterocycles. The zero-order valence-electron chi connectivity index (χ0n) is 8.11. The van der Waals surface area contributed by atoms with E-state index in [-0.39, 0.29) is 0 Å². The number of hydrogen-bond donors (Lipinski definition) is 0. The number of benzene rings is 1. The fourth-order valence-corrected chi connectivity index (χ4v) is 2.35. The second-order valence-corrected chi connectivity index (χ2v) is 5.05. The van der Waals surface area contributed by atoms with Crippen LogP contribution in [-0.2, 0) is 12.8 Å². The van der Waals surface area contributed by atoms with Crippen molar-refractivity contribution in [3.05, 3.63) is 44.4 Å². The first-order valence-electron chi connectivity index (χ1n) is 4.79. The van der Waals surface area contributed by atoms with E-state index in [9.17, 15) is 0 Å². The summed E-state index contributed by atoms with van der Waals surface area (Å²) in [6.45, 7) is 2.20. The summed E-state index contributed by atoms with van der Waals surface area (Å²) >= 11 is 9.53. The van der Waals surface area contributed by atoms with Crippen LogP contribution in [0.5, 0.6) is 0 Å². The van der Waals surface area contributed by atoms with Gasteiger partial charge in [-0.2, -0.15) is 0 Å². The van der Waals surface area contributed by atoms with Crippen molar-refractivity contribution in [2.75, 3.05) is 0 Å². The van der Waals surface area contributed by atoms with Crippen molar-refractivity contribution < 1.29 is 0 Å². The lowest BCUT2D eigenvalue weighted by Crippen LogP contribution is -1.91. The first-order chi connectivity index (χ1) is 6.66. The lowest BCUT2D eigenvalue weighted by atomic mass is 10.0. The van der Waals surface area contributed by atoms with E-state index in [1.165, 1.54) is 16.7 Å². The second kappa shape index (κ2) is 4.08. The Morgan fingerprint density at radius 3 is 2.79 bits per heavy atom. The highest BCUT2D eigenvalue weighted by Gasteiger charge is 2.09. The Bertz CT molecular complexity index is 394. The highest BCUT2D eigenvalue weighted by Crippen LogP contribution is 2.29. The van der Waals surface area contributed by atoms with Crippen molar-refractivity contribution in [3.63, 3.8) is 0 Å². The molecule has 0 amide bonds. The molecule has 0 radical (unpaired) electrons. The van der Waals surface area contributed by atoms with Crippen LogP contribution in [0.4, 0.5) is 0 Å². The predicted molar refractivity (Wildman–Crippen MR) is 64.9 cm³/mol. The molecule has 0 saturated carbocycles. The van der Waals surface area contributed by atoms with E-state index in [2.05, 4.69) is 41.1 Å². The van der Waals surface area contributed by atoms with Crippen molar-refractivity contribution in [2.45, 2.75) is 26.2 Å². The van der Waals surface area contributed by atoms with Gasteiger partial charge in [0.2, 0.25) is 0 Å². The maximum atomic E-state index is 6.07. The molecule has 74 valence electrons. The maximum absolute atomic E-state index is 6.07. The van der Waals surface area contributed by atoms with Crippen LogP contribution in [-0.4, -0.2) is 0 Å². The first-order valence-corrected chi connectivity index (χ1v) is 5.96. The fourth-order valence-electron chi connectivity index (χ4n) is 1.77. The van der Waals surface area contributed by atoms with Crippen LogP contribution < -0.4 is 0 Å². The Hall–Kier alpha value is -0.270. The summed E-state index contributed by atoms with van der Waals surface area (Å²) in [4.78, 5) is 0. The molecular weight excluding hydrogens is 259 g/mol. The van der Waals surface area contributed by atoms with Crippen LogP contribution in [0.25, 0.3) is 0 Å². The highest BCUT2D eigenvalue weighted by atomic mass is 79.9. The first kappa shape index (κ1) is 10.3. The van der Waals surface area contributed by atoms with Crippen molar-refractivity contribution >= 4 is 27.5 Å². The van der Waals surface area contributed by atoms with Crippen molar-refractivity contribution in [3.8, 4) is 0 Å². The number of rotatable bonds is 0. The van der Waals surface area contributed by atoms with Crippen molar-refractivity contribution in [1.82, 2.24) is 0 Å². The monoisotopic (exact) mass is 270 g/mol. The summed E-state index contributed by atoms with van der Waals surface area (Å²) in [5, 5.41) is 0.823. The topological polar surface area (TPSA) is 0 Å². The molecule has 0 fully saturated rings. The SMILES string of the molecule is CC1=CCc2cc(Br)c(Cl)cc2CC1. The van der Waals surface area contributed by atoms with Gasteiger partial charge < -0.3 is 0 Å². The number of aryl methyl sites for hydroxylation is 1. The number of halogens is 2. The standard InChI is InChI=1S/C12H12BrCl/c1-8-2-4-9-6-11(13)12(14)7-10(9)5-3-8/h2,6-7H,3-5H2,1H3. The molecule has 1 aromatic carbocycles. The predicted octanol–water partition coefficient (Wildman–Crippen LogP) is 4.54. The molecule has 2 rings (SSSR count). The molecule has 14 heavy (non-hydrogen) atoms. The molecule has 0 nitrogen and oxygen atoms in total. The number of fused-ring (bicyclic) bond motifs is 1. The molecule has 0 bridgehead atoms. The van der Waals surface area contributed by atoms with Gasteiger partial charge in [0.15, 0.2) is 0 Å². The molecule has 0 N–H and O–H groups in total. The molecular formula is C12H12BrCl. The normalized spacial score (nSPS) is 15.8. The summed E-state index contributed by atoms with van der Waals surface area (Å²) in [6.07, 6.45) is 5.62. The van der Waals surface area contributed by atoms with Gasteiger partial charge in [0.25, 0.3) is 0 Å². The largest absolute Gasteiger partial charge is 0.0831 e. The van der Waals surface area contributed by atoms with Crippen LogP contribution in [0.3, 0.4) is 0 Å². The van der Waals surface area contributed by atoms with E-state index in [4.69, 9.17) is 11.6 Å². The Labute approximate surface area is 98.1 Å². The quantitative estimate of drug-likeness (QED) is 0.608. The lowest BCUT2D eigenvalue weighted by molar-refractivity contribution is 0.947. The number of allylic oxidation sites excluding steroid dienone is 2. The van der Waals surface area contributed by atoms with E-state index in [0.717, 1.165) is 28.8 Å². The van der Waals surface area contributed by atoms with Gasteiger partial charge >= 0.3 is 0 Å². The number of hydrogen-bond acceptors (Lipinski definition) is 0. The zero-order valence-corrected chi connectivity index (χ0v) is 10.5. The van der Waals surface area contributed by atoms with Gasteiger partial charge in [0, 0.05) is 4.47 Å². The van der Waals surface area contributed by atoms with E-state index in [0.29, 0.717) is 0 Å². The van der Waals surface area contributed by atoms with E-state index in [1.54, 1.807) is 0 Å². The van der Waals surface area contributed by atoms with Gasteiger partial charge in [-0.15, -0.1) is 0 Å². The van der Waals surface area contributed by atoms with Gasteiger partial charge in [0.1, 0.15) is 0 Å². The molecule has 2 heteroatoms. The van der Waals surface area contributed by atoms with Crippen LogP contribution >= 0.6 is 27.5 Å². The molecule has 0 atom stereocenters. The minimum atomic E-state index is 0.823. The third-order valence-corrected chi connectivity index (χ3v) is 3.90. The van der Waals surface area contributed by atoms with Crippen LogP contribution in [0.15, 0.2) is 28.3 Å². The Morgan fingerprint density at radius 2 is 2.00 bits per heavy atom. The Kier molecular flexibility index (Phi) is 2.99. The zero-order chi connectivity index (χ0) is 10.1. The third kappa shape index (κ3) is 2.04. The maximum Gasteiger partial charge on any atom is 0.0551 e. The molecule has 1 aliphatic rings. The van der Waals surface area contributed by atoms with Crippen molar-refractivity contribution in [1.29, 1.82) is 0 Å². The molecule has 0 aromatic heterocycles. The Morgan fingerprint density at radius 1 is 1.21 bits per heavy atom. The smallest absolute Gasteiger partial charge is 0.0551 e. The van der Waals surface area contributed by atoms with Crippen LogP contribution in [0.1, 0.15) is 24.5 Å². The summed E-state index contributed by atoms with van der Waals surface area (Å²) in [6, 6.07) is 4.24. The van der Waals surface area contributed by atoms with E-state index in [1.807, 2.05) is 0 Å².